The van der Waals surface area contributed by atoms with Crippen molar-refractivity contribution in [2.24, 2.45) is 11.3 Å². The number of hydrazine groups is 1. The van der Waals surface area contributed by atoms with Crippen LogP contribution in [0.5, 0.6) is 0 Å². The van der Waals surface area contributed by atoms with Gasteiger partial charge in [-0.2, -0.15) is 4.37 Å². The molecule has 14 heavy (non-hydrogen) atoms. The second kappa shape index (κ2) is 3.25. The maximum absolute atomic E-state index is 13.2. The first-order valence-corrected chi connectivity index (χ1v) is 5.38. The SMILES string of the molecule is Cc1cc(C(NN)C2(C)CC2F)sn1. The van der Waals surface area contributed by atoms with Crippen molar-refractivity contribution >= 4 is 11.5 Å². The van der Waals surface area contributed by atoms with Crippen molar-refractivity contribution in [1.29, 1.82) is 0 Å². The average Bonchev–Trinajstić information content (AvgIpc) is 2.57. The van der Waals surface area contributed by atoms with Gasteiger partial charge in [0.15, 0.2) is 0 Å². The highest BCUT2D eigenvalue weighted by Crippen LogP contribution is 2.56. The van der Waals surface area contributed by atoms with Gasteiger partial charge in [-0.3, -0.25) is 11.3 Å². The summed E-state index contributed by atoms with van der Waals surface area (Å²) >= 11 is 1.39. The number of nitrogens with one attached hydrogen (secondary N) is 1. The van der Waals surface area contributed by atoms with Crippen LogP contribution in [0.2, 0.25) is 0 Å². The van der Waals surface area contributed by atoms with E-state index in [0.29, 0.717) is 6.42 Å². The van der Waals surface area contributed by atoms with E-state index in [0.717, 1.165) is 10.6 Å². The molecule has 0 radical (unpaired) electrons. The number of hydrogen-bond donors (Lipinski definition) is 2. The zero-order valence-electron chi connectivity index (χ0n) is 8.25. The quantitative estimate of drug-likeness (QED) is 0.596. The topological polar surface area (TPSA) is 50.9 Å². The van der Waals surface area contributed by atoms with Gasteiger partial charge in [0.1, 0.15) is 6.17 Å². The van der Waals surface area contributed by atoms with Crippen molar-refractivity contribution in [1.82, 2.24) is 9.80 Å². The predicted octanol–water partition coefficient (Wildman–Crippen LogP) is 1.70. The van der Waals surface area contributed by atoms with Crippen LogP contribution in [0.4, 0.5) is 4.39 Å². The molecule has 0 bridgehead atoms. The fourth-order valence-corrected chi connectivity index (χ4v) is 2.71. The lowest BCUT2D eigenvalue weighted by atomic mass is 9.97. The van der Waals surface area contributed by atoms with Crippen LogP contribution in [0.25, 0.3) is 0 Å². The van der Waals surface area contributed by atoms with Gasteiger partial charge in [-0.1, -0.05) is 6.92 Å². The van der Waals surface area contributed by atoms with E-state index in [2.05, 4.69) is 9.80 Å². The zero-order chi connectivity index (χ0) is 10.3. The summed E-state index contributed by atoms with van der Waals surface area (Å²) in [6.45, 7) is 3.84. The first kappa shape index (κ1) is 10.0. The van der Waals surface area contributed by atoms with Crippen LogP contribution in [0, 0.1) is 12.3 Å². The van der Waals surface area contributed by atoms with E-state index in [-0.39, 0.29) is 11.5 Å². The molecule has 1 heterocycles. The van der Waals surface area contributed by atoms with Crippen LogP contribution in [-0.2, 0) is 0 Å². The minimum Gasteiger partial charge on any atom is -0.271 e. The highest BCUT2D eigenvalue weighted by Gasteiger charge is 2.57. The summed E-state index contributed by atoms with van der Waals surface area (Å²) in [7, 11) is 0. The van der Waals surface area contributed by atoms with Crippen molar-refractivity contribution in [3.05, 3.63) is 16.6 Å². The van der Waals surface area contributed by atoms with E-state index >= 15 is 0 Å². The highest BCUT2D eigenvalue weighted by atomic mass is 32.1. The normalized spacial score (nSPS) is 33.0. The first-order valence-electron chi connectivity index (χ1n) is 4.61. The molecule has 5 heteroatoms. The number of aromatic nitrogens is 1. The van der Waals surface area contributed by atoms with Gasteiger partial charge in [0.25, 0.3) is 0 Å². The molecule has 0 spiro atoms. The first-order chi connectivity index (χ1) is 6.58. The molecule has 3 nitrogen and oxygen atoms in total. The summed E-state index contributed by atoms with van der Waals surface area (Å²) in [5.74, 6) is 5.46. The summed E-state index contributed by atoms with van der Waals surface area (Å²) in [4.78, 5) is 1.02. The predicted molar refractivity (Wildman–Crippen MR) is 54.5 cm³/mol. The number of aryl methyl sites for hydroxylation is 1. The second-order valence-corrected chi connectivity index (χ2v) is 4.98. The molecule has 1 aliphatic carbocycles. The maximum atomic E-state index is 13.2. The van der Waals surface area contributed by atoms with Gasteiger partial charge in [0.05, 0.1) is 11.7 Å². The molecule has 0 aliphatic heterocycles. The van der Waals surface area contributed by atoms with Gasteiger partial charge < -0.3 is 0 Å². The van der Waals surface area contributed by atoms with Gasteiger partial charge in [0.2, 0.25) is 0 Å². The molecule has 1 fully saturated rings. The van der Waals surface area contributed by atoms with Crippen molar-refractivity contribution < 1.29 is 4.39 Å². The summed E-state index contributed by atoms with van der Waals surface area (Å²) < 4.78 is 17.4. The third-order valence-electron chi connectivity index (χ3n) is 2.93. The Morgan fingerprint density at radius 1 is 1.86 bits per heavy atom. The van der Waals surface area contributed by atoms with Crippen LogP contribution >= 0.6 is 11.5 Å². The Bertz CT molecular complexity index is 341. The molecule has 3 unspecified atom stereocenters. The van der Waals surface area contributed by atoms with Crippen molar-refractivity contribution in [3.63, 3.8) is 0 Å². The lowest BCUT2D eigenvalue weighted by molar-refractivity contribution is 0.298. The second-order valence-electron chi connectivity index (χ2n) is 4.15. The minimum atomic E-state index is -0.744. The molecule has 1 aliphatic rings. The number of nitrogens with zero attached hydrogens (tertiary/aromatic N) is 1. The Kier molecular flexibility index (Phi) is 2.33. The highest BCUT2D eigenvalue weighted by molar-refractivity contribution is 7.05. The van der Waals surface area contributed by atoms with Crippen LogP contribution in [0.1, 0.15) is 30.0 Å². The van der Waals surface area contributed by atoms with Gasteiger partial charge in [-0.05, 0) is 30.9 Å². The van der Waals surface area contributed by atoms with E-state index in [1.807, 2.05) is 19.9 Å². The average molecular weight is 215 g/mol. The molecular weight excluding hydrogens is 201 g/mol. The van der Waals surface area contributed by atoms with Crippen molar-refractivity contribution in [3.8, 4) is 0 Å². The fraction of sp³-hybridized carbons (Fsp3) is 0.667. The molecule has 0 aromatic carbocycles. The summed E-state index contributed by atoms with van der Waals surface area (Å²) in [5, 5.41) is 0. The van der Waals surface area contributed by atoms with Gasteiger partial charge >= 0.3 is 0 Å². The molecule has 1 aromatic heterocycles. The summed E-state index contributed by atoms with van der Waals surface area (Å²) in [5.41, 5.74) is 3.32. The smallest absolute Gasteiger partial charge is 0.108 e. The van der Waals surface area contributed by atoms with E-state index in [9.17, 15) is 4.39 Å². The lowest BCUT2D eigenvalue weighted by Gasteiger charge is -2.20. The van der Waals surface area contributed by atoms with Crippen molar-refractivity contribution in [2.75, 3.05) is 0 Å². The van der Waals surface area contributed by atoms with E-state index < -0.39 is 6.17 Å². The number of rotatable bonds is 3. The van der Waals surface area contributed by atoms with Gasteiger partial charge in [-0.25, -0.2) is 4.39 Å². The molecule has 2 rings (SSSR count). The van der Waals surface area contributed by atoms with E-state index in [1.165, 1.54) is 11.5 Å². The Labute approximate surface area is 86.6 Å². The maximum Gasteiger partial charge on any atom is 0.108 e. The fourth-order valence-electron chi connectivity index (χ4n) is 1.74. The third kappa shape index (κ3) is 1.45. The van der Waals surface area contributed by atoms with E-state index in [4.69, 9.17) is 5.84 Å². The largest absolute Gasteiger partial charge is 0.271 e. The lowest BCUT2D eigenvalue weighted by Crippen LogP contribution is -2.34. The number of halogens is 1. The van der Waals surface area contributed by atoms with Crippen LogP contribution in [0.3, 0.4) is 0 Å². The molecule has 0 saturated heterocycles. The molecular formula is C9H14FN3S. The molecule has 1 saturated carbocycles. The zero-order valence-corrected chi connectivity index (χ0v) is 9.07. The van der Waals surface area contributed by atoms with Gasteiger partial charge in [0, 0.05) is 10.3 Å². The number of alkyl halides is 1. The Balaban J connectivity index is 2.22. The third-order valence-corrected chi connectivity index (χ3v) is 3.87. The molecule has 1 aromatic rings. The Morgan fingerprint density at radius 2 is 2.50 bits per heavy atom. The number of nitrogens with two attached hydrogens (primary N) is 1. The molecule has 3 N–H and O–H groups in total. The number of hydrogen-bond acceptors (Lipinski definition) is 4. The standard InChI is InChI=1S/C9H14FN3S/c1-5-3-6(14-13-5)8(12-11)9(2)4-7(9)10/h3,7-8,12H,4,11H2,1-2H3. The summed E-state index contributed by atoms with van der Waals surface area (Å²) in [6.07, 6.45) is -0.162. The van der Waals surface area contributed by atoms with E-state index in [1.54, 1.807) is 0 Å². The summed E-state index contributed by atoms with van der Waals surface area (Å²) in [6, 6.07) is 1.86. The van der Waals surface area contributed by atoms with Crippen LogP contribution in [0.15, 0.2) is 6.07 Å². The molecule has 3 atom stereocenters. The van der Waals surface area contributed by atoms with Crippen molar-refractivity contribution in [2.45, 2.75) is 32.5 Å². The molecule has 0 amide bonds. The Hall–Kier alpha value is -0.520. The molecule has 78 valence electrons. The monoisotopic (exact) mass is 215 g/mol. The minimum absolute atomic E-state index is 0.108. The van der Waals surface area contributed by atoms with Crippen LogP contribution in [-0.4, -0.2) is 10.5 Å². The Morgan fingerprint density at radius 3 is 2.86 bits per heavy atom. The van der Waals surface area contributed by atoms with Crippen LogP contribution < -0.4 is 11.3 Å². The van der Waals surface area contributed by atoms with Gasteiger partial charge in [-0.15, -0.1) is 0 Å².